The van der Waals surface area contributed by atoms with Crippen molar-refractivity contribution in [2.75, 3.05) is 11.9 Å². The molecule has 2 aromatic rings. The van der Waals surface area contributed by atoms with Crippen molar-refractivity contribution in [3.05, 3.63) is 54.1 Å². The van der Waals surface area contributed by atoms with Crippen LogP contribution >= 0.6 is 0 Å². The molecule has 0 fully saturated rings. The van der Waals surface area contributed by atoms with Crippen molar-refractivity contribution >= 4 is 27.6 Å². The van der Waals surface area contributed by atoms with Gasteiger partial charge >= 0.3 is 10.1 Å². The first-order valence-corrected chi connectivity index (χ1v) is 12.1. The Hall–Kier alpha value is -2.87. The van der Waals surface area contributed by atoms with Crippen LogP contribution in [0.3, 0.4) is 0 Å². The van der Waals surface area contributed by atoms with Gasteiger partial charge in [0.25, 0.3) is 0 Å². The molecule has 32 heavy (non-hydrogen) atoms. The third-order valence-electron chi connectivity index (χ3n) is 4.49. The van der Waals surface area contributed by atoms with Crippen molar-refractivity contribution < 1.29 is 22.2 Å². The fraction of sp³-hybridized carbons (Fsp3) is 0.417. The van der Waals surface area contributed by atoms with E-state index in [1.54, 1.807) is 24.3 Å². The van der Waals surface area contributed by atoms with E-state index < -0.39 is 10.1 Å². The smallest absolute Gasteiger partial charge is 0.339 e. The Morgan fingerprint density at radius 1 is 0.938 bits per heavy atom. The highest BCUT2D eigenvalue weighted by atomic mass is 32.2. The summed E-state index contributed by atoms with van der Waals surface area (Å²) in [5.74, 6) is 0.680. The minimum absolute atomic E-state index is 0.0157. The molecule has 0 atom stereocenters. The van der Waals surface area contributed by atoms with Gasteiger partial charge in [0, 0.05) is 32.1 Å². The Labute approximate surface area is 190 Å². The van der Waals surface area contributed by atoms with Crippen LogP contribution in [0.1, 0.15) is 46.6 Å². The van der Waals surface area contributed by atoms with Gasteiger partial charge in [-0.05, 0) is 53.8 Å². The Morgan fingerprint density at radius 2 is 1.53 bits per heavy atom. The molecule has 0 bridgehead atoms. The number of nitrogens with zero attached hydrogens (tertiary/aromatic N) is 1. The summed E-state index contributed by atoms with van der Waals surface area (Å²) < 4.78 is 30.3. The van der Waals surface area contributed by atoms with E-state index in [0.29, 0.717) is 31.1 Å². The number of hydrogen-bond acceptors (Lipinski definition) is 5. The predicted molar refractivity (Wildman–Crippen MR) is 125 cm³/mol. The standard InChI is InChI=1S/C24H32N2O5S/c1-17(2)14-24(28)26(15-18(3)4)16-20-6-10-22(11-7-20)31-32(29,30)23-12-8-21(9-13-23)25-19(5)27/h6-13,17-18H,14-16H2,1-5H3,(H,25,27). The number of anilines is 1. The van der Waals surface area contributed by atoms with Crippen molar-refractivity contribution in [3.8, 4) is 5.75 Å². The third kappa shape index (κ3) is 8.00. The van der Waals surface area contributed by atoms with Crippen LogP contribution < -0.4 is 9.50 Å². The molecule has 0 aromatic heterocycles. The molecule has 0 aliphatic rings. The number of carbonyl (C=O) groups is 2. The molecule has 8 heteroatoms. The molecule has 0 spiro atoms. The molecule has 0 aliphatic carbocycles. The van der Waals surface area contributed by atoms with Crippen LogP contribution in [-0.4, -0.2) is 31.7 Å². The van der Waals surface area contributed by atoms with E-state index in [9.17, 15) is 18.0 Å². The van der Waals surface area contributed by atoms with Crippen LogP contribution in [0, 0.1) is 11.8 Å². The molecule has 2 amide bonds. The second kappa shape index (κ2) is 11.1. The van der Waals surface area contributed by atoms with Gasteiger partial charge < -0.3 is 14.4 Å². The summed E-state index contributed by atoms with van der Waals surface area (Å²) in [6, 6.07) is 12.4. The number of nitrogens with one attached hydrogen (secondary N) is 1. The molecule has 0 saturated heterocycles. The maximum absolute atomic E-state index is 12.6. The maximum atomic E-state index is 12.6. The highest BCUT2D eigenvalue weighted by Gasteiger charge is 2.19. The minimum atomic E-state index is -4.01. The molecule has 0 unspecified atom stereocenters. The molecule has 0 aliphatic heterocycles. The van der Waals surface area contributed by atoms with Gasteiger partial charge in [0.15, 0.2) is 0 Å². The number of carbonyl (C=O) groups excluding carboxylic acids is 2. The second-order valence-corrected chi connectivity index (χ2v) is 10.2. The summed E-state index contributed by atoms with van der Waals surface area (Å²) in [7, 11) is -4.01. The summed E-state index contributed by atoms with van der Waals surface area (Å²) in [4.78, 5) is 25.5. The van der Waals surface area contributed by atoms with Gasteiger partial charge in [-0.15, -0.1) is 0 Å². The molecule has 0 radical (unpaired) electrons. The van der Waals surface area contributed by atoms with Crippen LogP contribution in [-0.2, 0) is 26.3 Å². The largest absolute Gasteiger partial charge is 0.379 e. The lowest BCUT2D eigenvalue weighted by atomic mass is 10.1. The normalized spacial score (nSPS) is 11.5. The lowest BCUT2D eigenvalue weighted by Crippen LogP contribution is -2.34. The molecule has 174 valence electrons. The molecule has 0 heterocycles. The number of benzene rings is 2. The molecule has 0 saturated carbocycles. The minimum Gasteiger partial charge on any atom is -0.379 e. The first-order valence-electron chi connectivity index (χ1n) is 10.6. The summed E-state index contributed by atoms with van der Waals surface area (Å²) in [6.45, 7) is 10.7. The van der Waals surface area contributed by atoms with Crippen molar-refractivity contribution in [1.82, 2.24) is 4.90 Å². The quantitative estimate of drug-likeness (QED) is 0.529. The van der Waals surface area contributed by atoms with Crippen LogP contribution in [0.2, 0.25) is 0 Å². The van der Waals surface area contributed by atoms with Gasteiger partial charge in [-0.25, -0.2) is 0 Å². The molecule has 2 aromatic carbocycles. The van der Waals surface area contributed by atoms with Crippen LogP contribution in [0.15, 0.2) is 53.4 Å². The average molecular weight is 461 g/mol. The van der Waals surface area contributed by atoms with Gasteiger partial charge in [-0.2, -0.15) is 8.42 Å². The highest BCUT2D eigenvalue weighted by Crippen LogP contribution is 2.22. The Morgan fingerprint density at radius 3 is 2.03 bits per heavy atom. The molecular formula is C24H32N2O5S. The molecule has 2 rings (SSSR count). The fourth-order valence-electron chi connectivity index (χ4n) is 3.13. The molecular weight excluding hydrogens is 428 g/mol. The fourth-order valence-corrected chi connectivity index (χ4v) is 4.06. The molecule has 1 N–H and O–H groups in total. The third-order valence-corrected chi connectivity index (χ3v) is 5.75. The van der Waals surface area contributed by atoms with Crippen molar-refractivity contribution in [2.45, 2.75) is 52.5 Å². The SMILES string of the molecule is CC(=O)Nc1ccc(S(=O)(=O)Oc2ccc(CN(CC(C)C)C(=O)CC(C)C)cc2)cc1. The van der Waals surface area contributed by atoms with E-state index >= 15 is 0 Å². The lowest BCUT2D eigenvalue weighted by molar-refractivity contribution is -0.133. The van der Waals surface area contributed by atoms with E-state index in [1.807, 2.05) is 18.7 Å². The zero-order chi connectivity index (χ0) is 23.9. The summed E-state index contributed by atoms with van der Waals surface area (Å²) in [5.41, 5.74) is 1.39. The maximum Gasteiger partial charge on any atom is 0.339 e. The van der Waals surface area contributed by atoms with Crippen LogP contribution in [0.4, 0.5) is 5.69 Å². The Bertz CT molecular complexity index is 1010. The van der Waals surface area contributed by atoms with Gasteiger partial charge in [-0.3, -0.25) is 9.59 Å². The lowest BCUT2D eigenvalue weighted by Gasteiger charge is -2.25. The summed E-state index contributed by atoms with van der Waals surface area (Å²) in [5, 5.41) is 2.58. The first-order chi connectivity index (χ1) is 15.0. The predicted octanol–water partition coefficient (Wildman–Crippen LogP) is 4.44. The van der Waals surface area contributed by atoms with Gasteiger partial charge in [-0.1, -0.05) is 39.8 Å². The average Bonchev–Trinajstić information content (AvgIpc) is 2.68. The van der Waals surface area contributed by atoms with E-state index in [1.165, 1.54) is 31.2 Å². The van der Waals surface area contributed by atoms with Crippen molar-refractivity contribution in [2.24, 2.45) is 11.8 Å². The highest BCUT2D eigenvalue weighted by molar-refractivity contribution is 7.87. The number of hydrogen-bond donors (Lipinski definition) is 1. The van der Waals surface area contributed by atoms with Crippen molar-refractivity contribution in [1.29, 1.82) is 0 Å². The summed E-state index contributed by atoms with van der Waals surface area (Å²) in [6.07, 6.45) is 0.493. The zero-order valence-electron chi connectivity index (χ0n) is 19.3. The Balaban J connectivity index is 2.08. The van der Waals surface area contributed by atoms with E-state index in [4.69, 9.17) is 4.18 Å². The van der Waals surface area contributed by atoms with E-state index in [-0.39, 0.29) is 28.4 Å². The number of amides is 2. The van der Waals surface area contributed by atoms with Crippen molar-refractivity contribution in [3.63, 3.8) is 0 Å². The van der Waals surface area contributed by atoms with Gasteiger partial charge in [0.05, 0.1) is 0 Å². The zero-order valence-corrected chi connectivity index (χ0v) is 20.1. The van der Waals surface area contributed by atoms with Gasteiger partial charge in [0.1, 0.15) is 10.6 Å². The van der Waals surface area contributed by atoms with Gasteiger partial charge in [0.2, 0.25) is 11.8 Å². The second-order valence-electron chi connectivity index (χ2n) is 8.65. The molecule has 7 nitrogen and oxygen atoms in total. The summed E-state index contributed by atoms with van der Waals surface area (Å²) >= 11 is 0. The first kappa shape index (κ1) is 25.4. The van der Waals surface area contributed by atoms with Crippen LogP contribution in [0.25, 0.3) is 0 Å². The number of rotatable bonds is 10. The topological polar surface area (TPSA) is 92.8 Å². The van der Waals surface area contributed by atoms with Crippen LogP contribution in [0.5, 0.6) is 5.75 Å². The monoisotopic (exact) mass is 460 g/mol. The van der Waals surface area contributed by atoms with E-state index in [2.05, 4.69) is 19.2 Å². The Kier molecular flexibility index (Phi) is 8.83. The van der Waals surface area contributed by atoms with E-state index in [0.717, 1.165) is 5.56 Å².